The topological polar surface area (TPSA) is 24.1 Å². The Bertz CT molecular complexity index is 1560. The van der Waals surface area contributed by atoms with Gasteiger partial charge < -0.3 is 10.6 Å². The van der Waals surface area contributed by atoms with Gasteiger partial charge in [-0.3, -0.25) is 0 Å². The van der Waals surface area contributed by atoms with E-state index in [2.05, 4.69) is 148 Å². The van der Waals surface area contributed by atoms with Gasteiger partial charge in [0.2, 0.25) is 0 Å². The van der Waals surface area contributed by atoms with E-state index in [9.17, 15) is 0 Å². The first kappa shape index (κ1) is 25.2. The van der Waals surface area contributed by atoms with Gasteiger partial charge >= 0.3 is 0 Å². The van der Waals surface area contributed by atoms with Crippen LogP contribution in [0.4, 0.5) is 17.1 Å². The van der Waals surface area contributed by atoms with Crippen molar-refractivity contribution in [3.63, 3.8) is 0 Å². The molecule has 0 aromatic heterocycles. The van der Waals surface area contributed by atoms with Crippen molar-refractivity contribution in [3.8, 4) is 11.1 Å². The number of hydrogen-bond donors (Lipinski definition) is 2. The van der Waals surface area contributed by atoms with E-state index < -0.39 is 0 Å². The summed E-state index contributed by atoms with van der Waals surface area (Å²) in [5.74, 6) is 0. The Hall–Kier alpha value is -4.04. The Labute approximate surface area is 233 Å². The second kappa shape index (κ2) is 9.61. The number of allylic oxidation sites excluding steroid dienone is 3. The van der Waals surface area contributed by atoms with E-state index in [1.54, 1.807) is 0 Å². The van der Waals surface area contributed by atoms with Gasteiger partial charge in [-0.1, -0.05) is 119 Å². The van der Waals surface area contributed by atoms with Crippen molar-refractivity contribution in [1.82, 2.24) is 0 Å². The van der Waals surface area contributed by atoms with Crippen LogP contribution in [0.15, 0.2) is 115 Å². The van der Waals surface area contributed by atoms with E-state index in [4.69, 9.17) is 0 Å². The second-order valence-electron chi connectivity index (χ2n) is 12.1. The van der Waals surface area contributed by atoms with Crippen LogP contribution in [0, 0.1) is 0 Å². The van der Waals surface area contributed by atoms with Crippen LogP contribution in [0.25, 0.3) is 11.1 Å². The summed E-state index contributed by atoms with van der Waals surface area (Å²) in [6, 6.07) is 33.2. The Morgan fingerprint density at radius 1 is 0.821 bits per heavy atom. The van der Waals surface area contributed by atoms with Crippen molar-refractivity contribution in [2.75, 3.05) is 10.6 Å². The van der Waals surface area contributed by atoms with Crippen LogP contribution in [-0.2, 0) is 17.3 Å². The fourth-order valence-electron chi connectivity index (χ4n) is 6.38. The van der Waals surface area contributed by atoms with Gasteiger partial charge in [0.25, 0.3) is 0 Å². The Morgan fingerprint density at radius 3 is 2.28 bits per heavy atom. The number of hydrogen-bond acceptors (Lipinski definition) is 2. The monoisotopic (exact) mass is 510 g/mol. The van der Waals surface area contributed by atoms with Gasteiger partial charge in [0.1, 0.15) is 0 Å². The van der Waals surface area contributed by atoms with E-state index in [1.165, 1.54) is 39.1 Å². The average Bonchev–Trinajstić information content (AvgIpc) is 3.21. The molecule has 2 aliphatic rings. The summed E-state index contributed by atoms with van der Waals surface area (Å²) in [7, 11) is 0. The van der Waals surface area contributed by atoms with Crippen LogP contribution < -0.4 is 10.6 Å². The summed E-state index contributed by atoms with van der Waals surface area (Å²) in [4.78, 5) is 0. The maximum atomic E-state index is 4.40. The summed E-state index contributed by atoms with van der Waals surface area (Å²) in [5.41, 5.74) is 12.3. The number of fused-ring (bicyclic) bond motifs is 2. The normalized spacial score (nSPS) is 19.7. The fraction of sp³-hybridized carbons (Fsp3) is 0.243. The van der Waals surface area contributed by atoms with E-state index >= 15 is 0 Å². The zero-order chi connectivity index (χ0) is 27.2. The highest BCUT2D eigenvalue weighted by atomic mass is 15.0. The van der Waals surface area contributed by atoms with Crippen LogP contribution in [0.5, 0.6) is 0 Å². The first-order valence-corrected chi connectivity index (χ1v) is 14.1. The number of nitrogens with one attached hydrogen (secondary N) is 2. The summed E-state index contributed by atoms with van der Waals surface area (Å²) in [5, 5.41) is 7.79. The predicted molar refractivity (Wildman–Crippen MR) is 167 cm³/mol. The molecule has 0 amide bonds. The Balaban J connectivity index is 1.46. The van der Waals surface area contributed by atoms with E-state index in [1.807, 2.05) is 0 Å². The molecular formula is C37H38N2. The van der Waals surface area contributed by atoms with Crippen molar-refractivity contribution in [2.45, 2.75) is 57.4 Å². The molecule has 1 unspecified atom stereocenters. The lowest BCUT2D eigenvalue weighted by molar-refractivity contribution is 0.474. The largest absolute Gasteiger partial charge is 0.377 e. The van der Waals surface area contributed by atoms with Gasteiger partial charge in [-0.25, -0.2) is 0 Å². The minimum atomic E-state index is -0.126. The Kier molecular flexibility index (Phi) is 6.22. The molecule has 4 aromatic carbocycles. The molecule has 1 heterocycles. The van der Waals surface area contributed by atoms with Gasteiger partial charge in [0.15, 0.2) is 0 Å². The minimum absolute atomic E-state index is 0.0563. The second-order valence-corrected chi connectivity index (χ2v) is 12.1. The molecule has 1 atom stereocenters. The maximum absolute atomic E-state index is 4.40. The SMILES string of the molecule is C=C1/C=C\CCc2ccc(Nc3ccc4c(c3-c3ccccc3)NC(c3ccccc3)C4(C)C)cc2C1(C)C. The molecule has 2 heteroatoms. The number of anilines is 3. The highest BCUT2D eigenvalue weighted by molar-refractivity contribution is 5.94. The van der Waals surface area contributed by atoms with Crippen LogP contribution in [0.2, 0.25) is 0 Å². The van der Waals surface area contributed by atoms with Gasteiger partial charge in [0, 0.05) is 33.5 Å². The van der Waals surface area contributed by atoms with Gasteiger partial charge in [-0.05, 0) is 64.4 Å². The van der Waals surface area contributed by atoms with Crippen molar-refractivity contribution in [2.24, 2.45) is 0 Å². The van der Waals surface area contributed by atoms with Crippen molar-refractivity contribution < 1.29 is 0 Å². The standard InChI is InChI=1S/C37H38N2/c1-25-14-12-13-15-26-20-21-29(24-31(26)36(25,2)3)38-32-23-22-30-34(33(32)27-16-8-6-9-17-27)39-35(37(30,4)5)28-18-10-7-11-19-28/h6-12,14,16-24,35,38-39H,1,13,15H2,2-5H3/b14-12-. The van der Waals surface area contributed by atoms with E-state index in [-0.39, 0.29) is 16.9 Å². The van der Waals surface area contributed by atoms with Crippen LogP contribution >= 0.6 is 0 Å². The van der Waals surface area contributed by atoms with E-state index in [0.29, 0.717) is 0 Å². The molecule has 39 heavy (non-hydrogen) atoms. The Morgan fingerprint density at radius 2 is 1.54 bits per heavy atom. The predicted octanol–water partition coefficient (Wildman–Crippen LogP) is 9.88. The summed E-state index contributed by atoms with van der Waals surface area (Å²) in [6.45, 7) is 13.7. The molecule has 0 fully saturated rings. The van der Waals surface area contributed by atoms with Crippen LogP contribution in [-0.4, -0.2) is 0 Å². The van der Waals surface area contributed by atoms with Crippen LogP contribution in [0.1, 0.15) is 62.4 Å². The number of rotatable bonds is 4. The molecule has 196 valence electrons. The van der Waals surface area contributed by atoms with Crippen molar-refractivity contribution in [3.05, 3.63) is 138 Å². The molecule has 6 rings (SSSR count). The molecule has 1 aliphatic carbocycles. The fourth-order valence-corrected chi connectivity index (χ4v) is 6.38. The smallest absolute Gasteiger partial charge is 0.0606 e. The van der Waals surface area contributed by atoms with Gasteiger partial charge in [-0.15, -0.1) is 0 Å². The van der Waals surface area contributed by atoms with Gasteiger partial charge in [-0.2, -0.15) is 0 Å². The molecule has 0 saturated carbocycles. The maximum Gasteiger partial charge on any atom is 0.0606 e. The molecule has 0 bridgehead atoms. The highest BCUT2D eigenvalue weighted by Crippen LogP contribution is 2.53. The lowest BCUT2D eigenvalue weighted by Gasteiger charge is -2.31. The number of benzene rings is 4. The summed E-state index contributed by atoms with van der Waals surface area (Å²) in [6.07, 6.45) is 6.55. The lowest BCUT2D eigenvalue weighted by atomic mass is 9.74. The quantitative estimate of drug-likeness (QED) is 0.285. The highest BCUT2D eigenvalue weighted by Gasteiger charge is 2.42. The van der Waals surface area contributed by atoms with E-state index in [0.717, 1.165) is 29.8 Å². The lowest BCUT2D eigenvalue weighted by Crippen LogP contribution is -2.25. The minimum Gasteiger partial charge on any atom is -0.377 e. The molecule has 0 spiro atoms. The molecule has 4 aromatic rings. The average molecular weight is 511 g/mol. The molecular weight excluding hydrogens is 472 g/mol. The third-order valence-corrected chi connectivity index (χ3v) is 8.87. The molecule has 0 saturated heterocycles. The van der Waals surface area contributed by atoms with Crippen molar-refractivity contribution in [1.29, 1.82) is 0 Å². The number of aryl methyl sites for hydroxylation is 1. The first-order valence-electron chi connectivity index (χ1n) is 14.1. The third kappa shape index (κ3) is 4.38. The zero-order valence-electron chi connectivity index (χ0n) is 23.5. The summed E-state index contributed by atoms with van der Waals surface area (Å²) < 4.78 is 0. The zero-order valence-corrected chi connectivity index (χ0v) is 23.5. The molecule has 2 nitrogen and oxygen atoms in total. The summed E-state index contributed by atoms with van der Waals surface area (Å²) >= 11 is 0. The third-order valence-electron chi connectivity index (χ3n) is 8.87. The molecule has 1 aliphatic heterocycles. The van der Waals surface area contributed by atoms with Crippen molar-refractivity contribution >= 4 is 17.1 Å². The van der Waals surface area contributed by atoms with Gasteiger partial charge in [0.05, 0.1) is 6.04 Å². The first-order chi connectivity index (χ1) is 18.8. The molecule has 0 radical (unpaired) electrons. The molecule has 2 N–H and O–H groups in total. The van der Waals surface area contributed by atoms with Crippen LogP contribution in [0.3, 0.4) is 0 Å².